The van der Waals surface area contributed by atoms with Gasteiger partial charge in [0, 0.05) is 35.2 Å². The molecule has 2 amide bonds. The van der Waals surface area contributed by atoms with Gasteiger partial charge in [0.15, 0.2) is 0 Å². The highest BCUT2D eigenvalue weighted by molar-refractivity contribution is 7.17. The number of rotatable bonds is 6. The maximum absolute atomic E-state index is 13.1. The molecule has 3 N–H and O–H groups in total. The summed E-state index contributed by atoms with van der Waals surface area (Å²) >= 11 is 1.43. The number of benzene rings is 2. The summed E-state index contributed by atoms with van der Waals surface area (Å²) in [6.07, 6.45) is 1.59. The number of nitrogens with two attached hydrogens (primary N) is 1. The van der Waals surface area contributed by atoms with Gasteiger partial charge in [0.1, 0.15) is 4.83 Å². The number of aromatic nitrogens is 2. The first-order chi connectivity index (χ1) is 14.9. The van der Waals surface area contributed by atoms with Crippen molar-refractivity contribution in [3.63, 3.8) is 0 Å². The Labute approximate surface area is 182 Å². The topological polar surface area (TPSA) is 107 Å². The van der Waals surface area contributed by atoms with E-state index < -0.39 is 5.91 Å². The van der Waals surface area contributed by atoms with Gasteiger partial charge in [-0.3, -0.25) is 19.0 Å². The molecule has 2 aromatic heterocycles. The minimum absolute atomic E-state index is 0.106. The predicted molar refractivity (Wildman–Crippen MR) is 122 cm³/mol. The average molecular weight is 433 g/mol. The summed E-state index contributed by atoms with van der Waals surface area (Å²) in [6.45, 7) is 2.22. The molecule has 0 bridgehead atoms. The van der Waals surface area contributed by atoms with E-state index in [9.17, 15) is 14.4 Å². The van der Waals surface area contributed by atoms with E-state index >= 15 is 0 Å². The molecule has 7 nitrogen and oxygen atoms in total. The molecule has 0 fully saturated rings. The van der Waals surface area contributed by atoms with E-state index in [0.717, 1.165) is 16.7 Å². The van der Waals surface area contributed by atoms with Crippen LogP contribution in [-0.4, -0.2) is 21.4 Å². The highest BCUT2D eigenvalue weighted by atomic mass is 32.1. The molecular formula is C23H20N4O3S. The second kappa shape index (κ2) is 8.53. The Morgan fingerprint density at radius 3 is 2.48 bits per heavy atom. The van der Waals surface area contributed by atoms with Crippen LogP contribution in [0.15, 0.2) is 65.0 Å². The molecular weight excluding hydrogens is 412 g/mol. The lowest BCUT2D eigenvalue weighted by atomic mass is 10.1. The zero-order valence-corrected chi connectivity index (χ0v) is 17.6. The Morgan fingerprint density at radius 2 is 1.81 bits per heavy atom. The molecule has 4 aromatic rings. The number of carbonyl (C=O) groups is 2. The third kappa shape index (κ3) is 4.39. The van der Waals surface area contributed by atoms with Crippen molar-refractivity contribution in [2.75, 3.05) is 5.32 Å². The number of nitrogens with one attached hydrogen (secondary N) is 1. The minimum Gasteiger partial charge on any atom is -0.366 e. The molecule has 156 valence electrons. The van der Waals surface area contributed by atoms with E-state index in [0.29, 0.717) is 21.5 Å². The van der Waals surface area contributed by atoms with Crippen LogP contribution in [0.3, 0.4) is 0 Å². The van der Waals surface area contributed by atoms with Crippen LogP contribution >= 0.6 is 11.3 Å². The molecule has 2 aromatic carbocycles. The number of amides is 2. The molecule has 0 atom stereocenters. The van der Waals surface area contributed by atoms with Gasteiger partial charge >= 0.3 is 0 Å². The number of anilines is 1. The third-order valence-electron chi connectivity index (χ3n) is 4.96. The van der Waals surface area contributed by atoms with Crippen LogP contribution in [0.1, 0.15) is 22.3 Å². The summed E-state index contributed by atoms with van der Waals surface area (Å²) in [5.41, 5.74) is 8.93. The first kappa shape index (κ1) is 20.5. The van der Waals surface area contributed by atoms with E-state index in [2.05, 4.69) is 10.3 Å². The second-order valence-corrected chi connectivity index (χ2v) is 8.04. The van der Waals surface area contributed by atoms with Gasteiger partial charge in [-0.1, -0.05) is 29.8 Å². The highest BCUT2D eigenvalue weighted by Gasteiger charge is 2.14. The molecule has 0 spiro atoms. The lowest BCUT2D eigenvalue weighted by molar-refractivity contribution is -0.116. The SMILES string of the molecule is Cc1ccc(-c2csc3ncn(CCC(=O)Nc4ccc(C(N)=O)cc4)c(=O)c23)cc1. The van der Waals surface area contributed by atoms with Crippen molar-refractivity contribution in [3.8, 4) is 11.1 Å². The molecule has 0 saturated heterocycles. The molecule has 0 aliphatic heterocycles. The summed E-state index contributed by atoms with van der Waals surface area (Å²) < 4.78 is 1.46. The van der Waals surface area contributed by atoms with E-state index in [4.69, 9.17) is 5.73 Å². The molecule has 0 aliphatic rings. The van der Waals surface area contributed by atoms with Gasteiger partial charge in [-0.2, -0.15) is 0 Å². The largest absolute Gasteiger partial charge is 0.366 e. The Balaban J connectivity index is 1.51. The monoisotopic (exact) mass is 432 g/mol. The molecule has 8 heteroatoms. The molecule has 0 saturated carbocycles. The van der Waals surface area contributed by atoms with Crippen molar-refractivity contribution in [2.24, 2.45) is 5.73 Å². The Morgan fingerprint density at radius 1 is 1.10 bits per heavy atom. The summed E-state index contributed by atoms with van der Waals surface area (Å²) in [5.74, 6) is -0.776. The Hall–Kier alpha value is -3.78. The van der Waals surface area contributed by atoms with Gasteiger partial charge in [0.05, 0.1) is 11.7 Å². The van der Waals surface area contributed by atoms with Crippen LogP contribution in [0.25, 0.3) is 21.3 Å². The van der Waals surface area contributed by atoms with Gasteiger partial charge in [-0.05, 0) is 36.8 Å². The number of hydrogen-bond acceptors (Lipinski definition) is 5. The molecule has 2 heterocycles. The van der Waals surface area contributed by atoms with E-state index in [1.165, 1.54) is 22.2 Å². The zero-order chi connectivity index (χ0) is 22.0. The van der Waals surface area contributed by atoms with Crippen LogP contribution in [0.5, 0.6) is 0 Å². The van der Waals surface area contributed by atoms with Crippen molar-refractivity contribution < 1.29 is 9.59 Å². The summed E-state index contributed by atoms with van der Waals surface area (Å²) in [6, 6.07) is 14.3. The van der Waals surface area contributed by atoms with Crippen LogP contribution in [-0.2, 0) is 11.3 Å². The lowest BCUT2D eigenvalue weighted by Crippen LogP contribution is -2.23. The van der Waals surface area contributed by atoms with E-state index in [-0.39, 0.29) is 24.4 Å². The number of nitrogens with zero attached hydrogens (tertiary/aromatic N) is 2. The second-order valence-electron chi connectivity index (χ2n) is 7.18. The van der Waals surface area contributed by atoms with E-state index in [1.54, 1.807) is 24.3 Å². The van der Waals surface area contributed by atoms with Crippen LogP contribution in [0.4, 0.5) is 5.69 Å². The Kier molecular flexibility index (Phi) is 5.64. The predicted octanol–water partition coefficient (Wildman–Crippen LogP) is 3.56. The molecule has 0 aliphatic carbocycles. The fraction of sp³-hybridized carbons (Fsp3) is 0.130. The van der Waals surface area contributed by atoms with Gasteiger partial charge in [0.25, 0.3) is 5.56 Å². The normalized spacial score (nSPS) is 10.9. The number of aryl methyl sites for hydroxylation is 2. The van der Waals surface area contributed by atoms with Gasteiger partial charge in [-0.15, -0.1) is 11.3 Å². The summed E-state index contributed by atoms with van der Waals surface area (Å²) in [4.78, 5) is 41.6. The van der Waals surface area contributed by atoms with Gasteiger partial charge in [0.2, 0.25) is 11.8 Å². The fourth-order valence-corrected chi connectivity index (χ4v) is 4.14. The molecule has 0 radical (unpaired) electrons. The number of primary amides is 1. The van der Waals surface area contributed by atoms with Crippen molar-refractivity contribution >= 4 is 39.1 Å². The third-order valence-corrected chi connectivity index (χ3v) is 5.84. The average Bonchev–Trinajstić information content (AvgIpc) is 3.19. The van der Waals surface area contributed by atoms with Crippen LogP contribution < -0.4 is 16.6 Å². The first-order valence-corrected chi connectivity index (χ1v) is 10.5. The molecule has 0 unspecified atom stereocenters. The number of carbonyl (C=O) groups excluding carboxylic acids is 2. The van der Waals surface area contributed by atoms with E-state index in [1.807, 2.05) is 36.6 Å². The highest BCUT2D eigenvalue weighted by Crippen LogP contribution is 2.30. The van der Waals surface area contributed by atoms with Crippen molar-refractivity contribution in [3.05, 3.63) is 81.7 Å². The number of hydrogen-bond donors (Lipinski definition) is 2. The minimum atomic E-state index is -0.529. The first-order valence-electron chi connectivity index (χ1n) is 9.66. The van der Waals surface area contributed by atoms with Gasteiger partial charge < -0.3 is 11.1 Å². The smallest absolute Gasteiger partial charge is 0.262 e. The van der Waals surface area contributed by atoms with Crippen LogP contribution in [0, 0.1) is 6.92 Å². The lowest BCUT2D eigenvalue weighted by Gasteiger charge is -2.08. The molecule has 4 rings (SSSR count). The van der Waals surface area contributed by atoms with Crippen molar-refractivity contribution in [1.29, 1.82) is 0 Å². The van der Waals surface area contributed by atoms with Crippen molar-refractivity contribution in [1.82, 2.24) is 9.55 Å². The van der Waals surface area contributed by atoms with Crippen molar-refractivity contribution in [2.45, 2.75) is 19.9 Å². The maximum Gasteiger partial charge on any atom is 0.262 e. The summed E-state index contributed by atoms with van der Waals surface area (Å²) in [5, 5.41) is 5.26. The number of fused-ring (bicyclic) bond motifs is 1. The molecule has 31 heavy (non-hydrogen) atoms. The van der Waals surface area contributed by atoms with Gasteiger partial charge in [-0.25, -0.2) is 4.98 Å². The Bertz CT molecular complexity index is 1320. The zero-order valence-electron chi connectivity index (χ0n) is 16.8. The quantitative estimate of drug-likeness (QED) is 0.486. The summed E-state index contributed by atoms with van der Waals surface area (Å²) in [7, 11) is 0. The standard InChI is InChI=1S/C23H20N4O3S/c1-14-2-4-15(5-3-14)18-12-31-22-20(18)23(30)27(13-25-22)11-10-19(28)26-17-8-6-16(7-9-17)21(24)29/h2-9,12-13H,10-11H2,1H3,(H2,24,29)(H,26,28). The maximum atomic E-state index is 13.1. The fourth-order valence-electron chi connectivity index (χ4n) is 3.24. The van der Waals surface area contributed by atoms with Crippen LogP contribution in [0.2, 0.25) is 0 Å². The number of thiophene rings is 1.